The van der Waals surface area contributed by atoms with Crippen molar-refractivity contribution in [3.8, 4) is 0 Å². The van der Waals surface area contributed by atoms with E-state index in [0.29, 0.717) is 0 Å². The van der Waals surface area contributed by atoms with Gasteiger partial charge in [0.2, 0.25) is 0 Å². The molecule has 0 saturated carbocycles. The standard InChI is InChI=1S/C11H15N3S/c1-13-6-4-12-11(13)14-5-2-10-9(8-14)3-7-15-10/h3,7H,2,4-6,8H2,1H3. The Balaban J connectivity index is 1.81. The van der Waals surface area contributed by atoms with E-state index in [4.69, 9.17) is 0 Å². The Morgan fingerprint density at radius 3 is 3.13 bits per heavy atom. The highest BCUT2D eigenvalue weighted by Gasteiger charge is 2.24. The van der Waals surface area contributed by atoms with E-state index in [9.17, 15) is 0 Å². The first-order valence-corrected chi connectivity index (χ1v) is 6.28. The Hall–Kier alpha value is -1.03. The predicted octanol–water partition coefficient (Wildman–Crippen LogP) is 1.41. The van der Waals surface area contributed by atoms with E-state index in [0.717, 1.165) is 26.2 Å². The lowest BCUT2D eigenvalue weighted by molar-refractivity contribution is 0.347. The van der Waals surface area contributed by atoms with Gasteiger partial charge in [-0.25, -0.2) is 0 Å². The fraction of sp³-hybridized carbons (Fsp3) is 0.545. The lowest BCUT2D eigenvalue weighted by atomic mass is 10.1. The van der Waals surface area contributed by atoms with Crippen LogP contribution in [-0.4, -0.2) is 42.4 Å². The molecule has 80 valence electrons. The predicted molar refractivity (Wildman–Crippen MR) is 63.4 cm³/mol. The summed E-state index contributed by atoms with van der Waals surface area (Å²) >= 11 is 1.89. The number of thiophene rings is 1. The average Bonchev–Trinajstić information content (AvgIpc) is 2.84. The maximum atomic E-state index is 4.57. The highest BCUT2D eigenvalue weighted by atomic mass is 32.1. The number of hydrogen-bond donors (Lipinski definition) is 0. The van der Waals surface area contributed by atoms with Crippen molar-refractivity contribution in [2.24, 2.45) is 4.99 Å². The van der Waals surface area contributed by atoms with Gasteiger partial charge in [-0.1, -0.05) is 0 Å². The largest absolute Gasteiger partial charge is 0.344 e. The van der Waals surface area contributed by atoms with Crippen LogP contribution >= 0.6 is 11.3 Å². The normalized spacial score (nSPS) is 20.5. The Morgan fingerprint density at radius 2 is 2.33 bits per heavy atom. The summed E-state index contributed by atoms with van der Waals surface area (Å²) in [6, 6.07) is 2.25. The number of aliphatic imine (C=N–C) groups is 1. The van der Waals surface area contributed by atoms with E-state index in [1.54, 1.807) is 4.88 Å². The molecular weight excluding hydrogens is 206 g/mol. The van der Waals surface area contributed by atoms with Crippen molar-refractivity contribution in [3.05, 3.63) is 21.9 Å². The summed E-state index contributed by atoms with van der Waals surface area (Å²) < 4.78 is 0. The van der Waals surface area contributed by atoms with E-state index >= 15 is 0 Å². The van der Waals surface area contributed by atoms with E-state index < -0.39 is 0 Å². The van der Waals surface area contributed by atoms with Crippen LogP contribution in [0.15, 0.2) is 16.4 Å². The SMILES string of the molecule is CN1CCN=C1N1CCc2sccc2C1. The lowest BCUT2D eigenvalue weighted by Gasteiger charge is -2.31. The highest BCUT2D eigenvalue weighted by molar-refractivity contribution is 7.10. The van der Waals surface area contributed by atoms with E-state index in [2.05, 4.69) is 33.3 Å². The monoisotopic (exact) mass is 221 g/mol. The topological polar surface area (TPSA) is 18.8 Å². The van der Waals surface area contributed by atoms with Crippen molar-refractivity contribution in [3.63, 3.8) is 0 Å². The molecule has 15 heavy (non-hydrogen) atoms. The first-order chi connectivity index (χ1) is 7.34. The van der Waals surface area contributed by atoms with Gasteiger partial charge in [-0.05, 0) is 23.4 Å². The summed E-state index contributed by atoms with van der Waals surface area (Å²) in [6.45, 7) is 4.19. The molecule has 2 aliphatic rings. The van der Waals surface area contributed by atoms with Crippen molar-refractivity contribution in [1.82, 2.24) is 9.80 Å². The number of guanidine groups is 1. The zero-order valence-corrected chi connectivity index (χ0v) is 9.76. The maximum Gasteiger partial charge on any atom is 0.196 e. The van der Waals surface area contributed by atoms with Crippen LogP contribution in [0.4, 0.5) is 0 Å². The van der Waals surface area contributed by atoms with Crippen LogP contribution in [0.1, 0.15) is 10.4 Å². The zero-order valence-electron chi connectivity index (χ0n) is 8.94. The molecule has 0 aromatic carbocycles. The summed E-state index contributed by atoms with van der Waals surface area (Å²) in [6.07, 6.45) is 1.18. The van der Waals surface area contributed by atoms with Gasteiger partial charge in [0.1, 0.15) is 0 Å². The molecule has 2 aliphatic heterocycles. The second-order valence-corrected chi connectivity index (χ2v) is 5.14. The summed E-state index contributed by atoms with van der Waals surface area (Å²) in [4.78, 5) is 10.8. The fourth-order valence-corrected chi connectivity index (χ4v) is 3.17. The summed E-state index contributed by atoms with van der Waals surface area (Å²) in [5.41, 5.74) is 1.49. The smallest absolute Gasteiger partial charge is 0.196 e. The van der Waals surface area contributed by atoms with Crippen LogP contribution in [0.2, 0.25) is 0 Å². The summed E-state index contributed by atoms with van der Waals surface area (Å²) in [5, 5.41) is 2.20. The van der Waals surface area contributed by atoms with Crippen LogP contribution in [0, 0.1) is 0 Å². The Bertz CT molecular complexity index is 396. The molecule has 0 spiro atoms. The number of nitrogens with zero attached hydrogens (tertiary/aromatic N) is 3. The number of rotatable bonds is 0. The van der Waals surface area contributed by atoms with Crippen molar-refractivity contribution >= 4 is 17.3 Å². The molecule has 0 saturated heterocycles. The van der Waals surface area contributed by atoms with Gasteiger partial charge in [-0.3, -0.25) is 4.99 Å². The summed E-state index contributed by atoms with van der Waals surface area (Å²) in [7, 11) is 2.13. The van der Waals surface area contributed by atoms with Crippen LogP contribution < -0.4 is 0 Å². The van der Waals surface area contributed by atoms with Gasteiger partial charge in [0.25, 0.3) is 0 Å². The molecule has 0 aliphatic carbocycles. The van der Waals surface area contributed by atoms with Gasteiger partial charge in [0.05, 0.1) is 6.54 Å². The van der Waals surface area contributed by atoms with Gasteiger partial charge in [-0.2, -0.15) is 0 Å². The van der Waals surface area contributed by atoms with Gasteiger partial charge < -0.3 is 9.80 Å². The first-order valence-electron chi connectivity index (χ1n) is 5.40. The molecule has 0 radical (unpaired) electrons. The quantitative estimate of drug-likeness (QED) is 0.659. The van der Waals surface area contributed by atoms with E-state index in [-0.39, 0.29) is 0 Å². The third-order valence-corrected chi connectivity index (χ3v) is 4.14. The molecule has 3 heterocycles. The molecule has 0 unspecified atom stereocenters. The van der Waals surface area contributed by atoms with Crippen LogP contribution in [0.5, 0.6) is 0 Å². The summed E-state index contributed by atoms with van der Waals surface area (Å²) in [5.74, 6) is 1.19. The van der Waals surface area contributed by atoms with Gasteiger partial charge in [0.15, 0.2) is 5.96 Å². The molecule has 1 aromatic heterocycles. The third kappa shape index (κ3) is 1.53. The maximum absolute atomic E-state index is 4.57. The minimum absolute atomic E-state index is 0.957. The molecule has 3 nitrogen and oxygen atoms in total. The third-order valence-electron chi connectivity index (χ3n) is 3.12. The van der Waals surface area contributed by atoms with Crippen LogP contribution in [-0.2, 0) is 13.0 Å². The molecule has 3 rings (SSSR count). The number of hydrogen-bond acceptors (Lipinski definition) is 4. The highest BCUT2D eigenvalue weighted by Crippen LogP contribution is 2.24. The van der Waals surface area contributed by atoms with Crippen molar-refractivity contribution in [2.45, 2.75) is 13.0 Å². The Morgan fingerprint density at radius 1 is 1.40 bits per heavy atom. The minimum Gasteiger partial charge on any atom is -0.344 e. The van der Waals surface area contributed by atoms with Crippen LogP contribution in [0.25, 0.3) is 0 Å². The molecule has 0 fully saturated rings. The Kier molecular flexibility index (Phi) is 2.16. The fourth-order valence-electron chi connectivity index (χ4n) is 2.28. The molecule has 4 heteroatoms. The molecule has 0 atom stereocenters. The van der Waals surface area contributed by atoms with Crippen molar-refractivity contribution < 1.29 is 0 Å². The lowest BCUT2D eigenvalue weighted by Crippen LogP contribution is -2.42. The van der Waals surface area contributed by atoms with Gasteiger partial charge >= 0.3 is 0 Å². The van der Waals surface area contributed by atoms with Gasteiger partial charge in [0, 0.05) is 31.6 Å². The zero-order chi connectivity index (χ0) is 10.3. The number of likely N-dealkylation sites (N-methyl/N-ethyl adjacent to an activating group) is 1. The second kappa shape index (κ2) is 3.52. The van der Waals surface area contributed by atoms with Gasteiger partial charge in [-0.15, -0.1) is 11.3 Å². The van der Waals surface area contributed by atoms with Crippen molar-refractivity contribution in [1.29, 1.82) is 0 Å². The van der Waals surface area contributed by atoms with Crippen LogP contribution in [0.3, 0.4) is 0 Å². The van der Waals surface area contributed by atoms with E-state index in [1.165, 1.54) is 17.9 Å². The Labute approximate surface area is 94.0 Å². The average molecular weight is 221 g/mol. The number of fused-ring (bicyclic) bond motifs is 1. The minimum atomic E-state index is 0.957. The second-order valence-electron chi connectivity index (χ2n) is 4.14. The molecule has 0 amide bonds. The van der Waals surface area contributed by atoms with Crippen molar-refractivity contribution in [2.75, 3.05) is 26.7 Å². The molecule has 0 N–H and O–H groups in total. The molecular formula is C11H15N3S. The van der Waals surface area contributed by atoms with E-state index in [1.807, 2.05) is 11.3 Å². The molecule has 0 bridgehead atoms. The molecule has 1 aromatic rings. The first kappa shape index (κ1) is 9.21.